The Bertz CT molecular complexity index is 1090. The van der Waals surface area contributed by atoms with Gasteiger partial charge in [-0.3, -0.25) is 4.79 Å². The second-order valence-corrected chi connectivity index (χ2v) is 9.76. The van der Waals surface area contributed by atoms with Crippen molar-refractivity contribution in [3.63, 3.8) is 0 Å². The van der Waals surface area contributed by atoms with E-state index in [9.17, 15) is 9.18 Å². The predicted molar refractivity (Wildman–Crippen MR) is 128 cm³/mol. The number of halogens is 2. The number of piperidine rings is 1. The first kappa shape index (κ1) is 22.2. The molecule has 3 N–H and O–H groups in total. The molecule has 0 spiro atoms. The number of amidine groups is 1. The molecule has 0 radical (unpaired) electrons. The van der Waals surface area contributed by atoms with Gasteiger partial charge < -0.3 is 20.5 Å². The monoisotopic (exact) mass is 472 g/mol. The first-order valence-corrected chi connectivity index (χ1v) is 12.3. The van der Waals surface area contributed by atoms with Gasteiger partial charge in [0.05, 0.1) is 11.6 Å². The predicted octanol–water partition coefficient (Wildman–Crippen LogP) is 4.11. The number of likely N-dealkylation sites (tertiary alicyclic amines) is 1. The van der Waals surface area contributed by atoms with Crippen LogP contribution in [0, 0.1) is 11.8 Å². The van der Waals surface area contributed by atoms with Crippen LogP contribution in [0.4, 0.5) is 4.39 Å². The van der Waals surface area contributed by atoms with Crippen molar-refractivity contribution in [3.05, 3.63) is 40.7 Å². The van der Waals surface area contributed by atoms with Gasteiger partial charge in [-0.1, -0.05) is 30.9 Å². The van der Waals surface area contributed by atoms with E-state index in [-0.39, 0.29) is 30.0 Å². The van der Waals surface area contributed by atoms with Gasteiger partial charge in [0.2, 0.25) is 5.91 Å². The molecular formula is C24H30ClFN6O. The summed E-state index contributed by atoms with van der Waals surface area (Å²) >= 11 is 6.11. The number of hydrogen-bond acceptors (Lipinski definition) is 5. The summed E-state index contributed by atoms with van der Waals surface area (Å²) in [4.78, 5) is 26.9. The van der Waals surface area contributed by atoms with Gasteiger partial charge >= 0.3 is 0 Å². The zero-order chi connectivity index (χ0) is 22.8. The van der Waals surface area contributed by atoms with Crippen molar-refractivity contribution < 1.29 is 9.18 Å². The minimum atomic E-state index is -0.319. The maximum atomic E-state index is 14.6. The lowest BCUT2D eigenvalue weighted by Crippen LogP contribution is -2.45. The average molecular weight is 473 g/mol. The fourth-order valence-electron chi connectivity index (χ4n) is 5.20. The van der Waals surface area contributed by atoms with Crippen molar-refractivity contribution in [2.75, 3.05) is 26.2 Å². The number of H-pyrrole nitrogens is 1. The zero-order valence-electron chi connectivity index (χ0n) is 18.7. The van der Waals surface area contributed by atoms with Gasteiger partial charge in [0.1, 0.15) is 11.5 Å². The number of amides is 1. The lowest BCUT2D eigenvalue weighted by Gasteiger charge is -2.36. The van der Waals surface area contributed by atoms with Crippen LogP contribution in [0.1, 0.15) is 50.5 Å². The molecule has 1 saturated heterocycles. The molecule has 2 aromatic rings. The summed E-state index contributed by atoms with van der Waals surface area (Å²) in [6.07, 6.45) is 11.0. The molecule has 3 aliphatic rings. The number of rotatable bonds is 5. The molecule has 7 nitrogen and oxygen atoms in total. The maximum Gasteiger partial charge on any atom is 0.225 e. The second kappa shape index (κ2) is 9.71. The number of nitrogens with zero attached hydrogens (tertiary/aromatic N) is 3. The van der Waals surface area contributed by atoms with Crippen LogP contribution >= 0.6 is 11.6 Å². The van der Waals surface area contributed by atoms with E-state index in [1.54, 1.807) is 12.4 Å². The highest BCUT2D eigenvalue weighted by Crippen LogP contribution is 2.28. The fourth-order valence-corrected chi connectivity index (χ4v) is 5.36. The number of nitrogens with one attached hydrogen (secondary N) is 3. The van der Waals surface area contributed by atoms with Crippen molar-refractivity contribution in [1.82, 2.24) is 25.5 Å². The number of aromatic nitrogens is 2. The third-order valence-electron chi connectivity index (χ3n) is 6.99. The van der Waals surface area contributed by atoms with Gasteiger partial charge in [0, 0.05) is 48.9 Å². The summed E-state index contributed by atoms with van der Waals surface area (Å²) in [6, 6.07) is 1.82. The van der Waals surface area contributed by atoms with Crippen molar-refractivity contribution in [2.24, 2.45) is 16.8 Å². The number of hydrogen-bond donors (Lipinski definition) is 3. The Morgan fingerprint density at radius 1 is 1.24 bits per heavy atom. The van der Waals surface area contributed by atoms with E-state index in [0.29, 0.717) is 29.0 Å². The Morgan fingerprint density at radius 2 is 2.09 bits per heavy atom. The van der Waals surface area contributed by atoms with E-state index in [1.807, 2.05) is 11.0 Å². The van der Waals surface area contributed by atoms with E-state index >= 15 is 0 Å². The van der Waals surface area contributed by atoms with Crippen LogP contribution in [0.25, 0.3) is 11.0 Å². The van der Waals surface area contributed by atoms with Crippen LogP contribution < -0.4 is 10.6 Å². The van der Waals surface area contributed by atoms with Crippen molar-refractivity contribution in [2.45, 2.75) is 44.9 Å². The molecule has 9 heteroatoms. The second-order valence-electron chi connectivity index (χ2n) is 9.33. The van der Waals surface area contributed by atoms with Crippen LogP contribution in [0.2, 0.25) is 5.02 Å². The zero-order valence-corrected chi connectivity index (χ0v) is 19.4. The topological polar surface area (TPSA) is 85.4 Å². The standard InChI is InChI=1S/C24H30ClFN6O/c25-17-9-18-19(12-29-21(18)28-11-17)22-30-13-20(26)23(31-22)27-10-15-5-4-8-32(14-15)24(33)16-6-2-1-3-7-16/h9,11-12,15-16,27H,1-8,10,13-14H2,(H,28,29)(H,30,31)/t15-/m1/s1. The minimum Gasteiger partial charge on any atom is -0.367 e. The number of pyridine rings is 1. The quantitative estimate of drug-likeness (QED) is 0.611. The summed E-state index contributed by atoms with van der Waals surface area (Å²) in [6.45, 7) is 2.24. The molecule has 1 amide bonds. The van der Waals surface area contributed by atoms with Gasteiger partial charge in [-0.15, -0.1) is 0 Å². The van der Waals surface area contributed by atoms with Gasteiger partial charge in [-0.05, 0) is 37.7 Å². The van der Waals surface area contributed by atoms with E-state index in [4.69, 9.17) is 11.6 Å². The summed E-state index contributed by atoms with van der Waals surface area (Å²) in [7, 11) is 0. The number of carbonyl (C=O) groups excluding carboxylic acids is 1. The Labute approximate surface area is 197 Å². The van der Waals surface area contributed by atoms with Crippen molar-refractivity contribution in [1.29, 1.82) is 0 Å². The third-order valence-corrected chi connectivity index (χ3v) is 7.19. The van der Waals surface area contributed by atoms with Crippen LogP contribution in [0.3, 0.4) is 0 Å². The SMILES string of the molecule is O=C(C1CCCCC1)N1CCC[C@H](CNC2=C(F)CNC(c3c[nH]c4ncc(Cl)cc34)=N2)C1. The van der Waals surface area contributed by atoms with Crippen LogP contribution in [-0.4, -0.2) is 52.8 Å². The summed E-state index contributed by atoms with van der Waals surface area (Å²) in [5.41, 5.74) is 1.50. The van der Waals surface area contributed by atoms with E-state index in [1.165, 1.54) is 6.42 Å². The number of fused-ring (bicyclic) bond motifs is 1. The average Bonchev–Trinajstić information content (AvgIpc) is 3.27. The van der Waals surface area contributed by atoms with E-state index in [2.05, 4.69) is 25.6 Å². The van der Waals surface area contributed by atoms with Crippen LogP contribution in [-0.2, 0) is 4.79 Å². The number of carbonyl (C=O) groups is 1. The molecule has 33 heavy (non-hydrogen) atoms. The molecule has 0 unspecified atom stereocenters. The van der Waals surface area contributed by atoms with E-state index < -0.39 is 0 Å². The lowest BCUT2D eigenvalue weighted by molar-refractivity contribution is -0.138. The minimum absolute atomic E-state index is 0.0682. The van der Waals surface area contributed by atoms with Gasteiger partial charge in [-0.2, -0.15) is 0 Å². The Kier molecular flexibility index (Phi) is 6.53. The fraction of sp³-hybridized carbons (Fsp3) is 0.542. The van der Waals surface area contributed by atoms with E-state index in [0.717, 1.165) is 62.6 Å². The van der Waals surface area contributed by atoms with Gasteiger partial charge in [-0.25, -0.2) is 14.4 Å². The molecule has 1 saturated carbocycles. The Balaban J connectivity index is 1.24. The van der Waals surface area contributed by atoms with Crippen molar-refractivity contribution >= 4 is 34.4 Å². The van der Waals surface area contributed by atoms with Crippen LogP contribution in [0.5, 0.6) is 0 Å². The summed E-state index contributed by atoms with van der Waals surface area (Å²) in [5.74, 6) is 1.31. The molecule has 176 valence electrons. The Morgan fingerprint density at radius 3 is 2.94 bits per heavy atom. The molecule has 2 aromatic heterocycles. The van der Waals surface area contributed by atoms with Gasteiger partial charge in [0.25, 0.3) is 0 Å². The van der Waals surface area contributed by atoms with Crippen molar-refractivity contribution in [3.8, 4) is 0 Å². The third kappa shape index (κ3) is 4.86. The Hall–Kier alpha value is -2.61. The molecule has 1 aliphatic carbocycles. The maximum absolute atomic E-state index is 14.6. The lowest BCUT2D eigenvalue weighted by atomic mass is 9.87. The van der Waals surface area contributed by atoms with Gasteiger partial charge in [0.15, 0.2) is 11.6 Å². The first-order chi connectivity index (χ1) is 16.1. The summed E-state index contributed by atoms with van der Waals surface area (Å²) < 4.78 is 14.6. The molecular weight excluding hydrogens is 443 g/mol. The number of aromatic amines is 1. The highest BCUT2D eigenvalue weighted by Gasteiger charge is 2.30. The largest absolute Gasteiger partial charge is 0.367 e. The smallest absolute Gasteiger partial charge is 0.225 e. The number of aliphatic imine (C=N–C) groups is 1. The molecule has 0 aromatic carbocycles. The molecule has 2 aliphatic heterocycles. The molecule has 2 fully saturated rings. The molecule has 0 bridgehead atoms. The highest BCUT2D eigenvalue weighted by molar-refractivity contribution is 6.31. The first-order valence-electron chi connectivity index (χ1n) is 12.0. The van der Waals surface area contributed by atoms with Crippen LogP contribution in [0.15, 0.2) is 35.1 Å². The molecule has 4 heterocycles. The molecule has 1 atom stereocenters. The highest BCUT2D eigenvalue weighted by atomic mass is 35.5. The normalized spacial score (nSPS) is 22.3. The summed E-state index contributed by atoms with van der Waals surface area (Å²) in [5, 5.41) is 7.63. The molecule has 5 rings (SSSR count).